The first-order chi connectivity index (χ1) is 10.3. The lowest BCUT2D eigenvalue weighted by Gasteiger charge is -2.38. The highest BCUT2D eigenvalue weighted by molar-refractivity contribution is 6.69. The topological polar surface area (TPSA) is 36.9 Å². The molecule has 1 rings (SSSR count). The van der Waals surface area contributed by atoms with Gasteiger partial charge in [0, 0.05) is 18.8 Å². The van der Waals surface area contributed by atoms with Gasteiger partial charge in [0.2, 0.25) is 0 Å². The van der Waals surface area contributed by atoms with Crippen molar-refractivity contribution in [3.63, 3.8) is 0 Å². The summed E-state index contributed by atoms with van der Waals surface area (Å²) in [6.45, 7) is 10.4. The molecular formula is C16H34O4Si. The van der Waals surface area contributed by atoms with Gasteiger partial charge in [-0.1, -0.05) is 26.2 Å². The molecule has 0 aliphatic heterocycles. The van der Waals surface area contributed by atoms with E-state index in [2.05, 4.69) is 6.92 Å². The maximum Gasteiger partial charge on any atom is 0.341 e. The summed E-state index contributed by atoms with van der Waals surface area (Å²) in [5, 5.41) is 0. The predicted molar refractivity (Wildman–Crippen MR) is 88.0 cm³/mol. The zero-order chi connectivity index (χ0) is 15.4. The molecule has 0 aromatic heterocycles. The fourth-order valence-electron chi connectivity index (χ4n) is 3.15. The Morgan fingerprint density at radius 1 is 0.762 bits per heavy atom. The van der Waals surface area contributed by atoms with Crippen molar-refractivity contribution in [3.05, 3.63) is 0 Å². The highest BCUT2D eigenvalue weighted by Crippen LogP contribution is 2.40. The highest BCUT2D eigenvalue weighted by Gasteiger charge is 2.44. The number of rotatable bonds is 12. The number of hydrogen-bond donors (Lipinski definition) is 0. The van der Waals surface area contributed by atoms with Crippen LogP contribution in [0.3, 0.4) is 0 Å². The molecule has 126 valence electrons. The molecule has 0 spiro atoms. The minimum atomic E-state index is -2.13. The largest absolute Gasteiger partial charge is 0.392 e. The SMILES string of the molecule is CCOCCO[Si](CC)(OCCOCC)C1CCCCC1. The molecule has 1 aliphatic rings. The Hall–Kier alpha value is 0.0569. The lowest BCUT2D eigenvalue weighted by Crippen LogP contribution is -2.48. The first-order valence-electron chi connectivity index (χ1n) is 8.72. The third kappa shape index (κ3) is 6.78. The first kappa shape index (κ1) is 19.1. The van der Waals surface area contributed by atoms with Crippen molar-refractivity contribution in [2.75, 3.05) is 39.6 Å². The summed E-state index contributed by atoms with van der Waals surface area (Å²) >= 11 is 0. The molecule has 4 nitrogen and oxygen atoms in total. The molecule has 0 atom stereocenters. The van der Waals surface area contributed by atoms with Crippen LogP contribution in [0, 0.1) is 0 Å². The van der Waals surface area contributed by atoms with Crippen LogP contribution in [-0.2, 0) is 18.3 Å². The van der Waals surface area contributed by atoms with Crippen LogP contribution in [0.15, 0.2) is 0 Å². The highest BCUT2D eigenvalue weighted by atomic mass is 28.4. The number of ether oxygens (including phenoxy) is 2. The van der Waals surface area contributed by atoms with Crippen LogP contribution in [0.2, 0.25) is 11.6 Å². The molecule has 21 heavy (non-hydrogen) atoms. The van der Waals surface area contributed by atoms with E-state index in [0.717, 1.165) is 19.3 Å². The lowest BCUT2D eigenvalue weighted by atomic mass is 10.0. The Labute approximate surface area is 131 Å². The average Bonchev–Trinajstić information content (AvgIpc) is 2.54. The second-order valence-electron chi connectivity index (χ2n) is 5.59. The molecule has 5 heteroatoms. The fourth-order valence-corrected chi connectivity index (χ4v) is 6.83. The average molecular weight is 319 g/mol. The van der Waals surface area contributed by atoms with Crippen molar-refractivity contribution in [1.29, 1.82) is 0 Å². The summed E-state index contributed by atoms with van der Waals surface area (Å²) in [4.78, 5) is 0. The van der Waals surface area contributed by atoms with Crippen LogP contribution in [0.4, 0.5) is 0 Å². The molecule has 1 saturated carbocycles. The second kappa shape index (κ2) is 11.6. The Morgan fingerprint density at radius 3 is 1.71 bits per heavy atom. The van der Waals surface area contributed by atoms with Crippen molar-refractivity contribution < 1.29 is 18.3 Å². The van der Waals surface area contributed by atoms with Gasteiger partial charge in [-0.25, -0.2) is 0 Å². The van der Waals surface area contributed by atoms with Gasteiger partial charge in [0.1, 0.15) is 0 Å². The zero-order valence-electron chi connectivity index (χ0n) is 14.2. The maximum atomic E-state index is 6.34. The van der Waals surface area contributed by atoms with Gasteiger partial charge in [0.05, 0.1) is 26.4 Å². The quantitative estimate of drug-likeness (QED) is 0.404. The zero-order valence-corrected chi connectivity index (χ0v) is 15.2. The molecule has 0 heterocycles. The van der Waals surface area contributed by atoms with Crippen molar-refractivity contribution in [2.24, 2.45) is 0 Å². The van der Waals surface area contributed by atoms with E-state index in [0.29, 0.717) is 32.0 Å². The Bertz CT molecular complexity index is 232. The summed E-state index contributed by atoms with van der Waals surface area (Å²) in [6, 6.07) is 1.02. The molecule has 0 radical (unpaired) electrons. The van der Waals surface area contributed by atoms with E-state index >= 15 is 0 Å². The van der Waals surface area contributed by atoms with Crippen LogP contribution in [0.1, 0.15) is 52.9 Å². The van der Waals surface area contributed by atoms with Gasteiger partial charge in [-0.2, -0.15) is 0 Å². The van der Waals surface area contributed by atoms with Crippen LogP contribution in [-0.4, -0.2) is 48.2 Å². The molecule has 0 saturated heterocycles. The van der Waals surface area contributed by atoms with E-state index in [9.17, 15) is 0 Å². The van der Waals surface area contributed by atoms with Gasteiger partial charge in [0.25, 0.3) is 0 Å². The molecule has 0 bridgehead atoms. The van der Waals surface area contributed by atoms with Crippen LogP contribution in [0.25, 0.3) is 0 Å². The fraction of sp³-hybridized carbons (Fsp3) is 1.00. The van der Waals surface area contributed by atoms with Crippen LogP contribution >= 0.6 is 0 Å². The molecule has 0 amide bonds. The summed E-state index contributed by atoms with van der Waals surface area (Å²) in [7, 11) is -2.13. The summed E-state index contributed by atoms with van der Waals surface area (Å²) < 4.78 is 23.5. The van der Waals surface area contributed by atoms with Gasteiger partial charge in [0.15, 0.2) is 0 Å². The van der Waals surface area contributed by atoms with Gasteiger partial charge in [-0.15, -0.1) is 0 Å². The Balaban J connectivity index is 2.54. The van der Waals surface area contributed by atoms with E-state index in [-0.39, 0.29) is 0 Å². The Kier molecular flexibility index (Phi) is 10.6. The van der Waals surface area contributed by atoms with Crippen molar-refractivity contribution in [1.82, 2.24) is 0 Å². The van der Waals surface area contributed by atoms with Crippen molar-refractivity contribution in [2.45, 2.75) is 64.5 Å². The van der Waals surface area contributed by atoms with Crippen LogP contribution in [0.5, 0.6) is 0 Å². The van der Waals surface area contributed by atoms with Crippen molar-refractivity contribution in [3.8, 4) is 0 Å². The van der Waals surface area contributed by atoms with Gasteiger partial charge < -0.3 is 18.3 Å². The second-order valence-corrected chi connectivity index (χ2v) is 9.32. The molecule has 1 fully saturated rings. The normalized spacial score (nSPS) is 17.3. The van der Waals surface area contributed by atoms with E-state index in [1.807, 2.05) is 13.8 Å². The van der Waals surface area contributed by atoms with E-state index < -0.39 is 8.56 Å². The van der Waals surface area contributed by atoms with Crippen molar-refractivity contribution >= 4 is 8.56 Å². The molecule has 0 N–H and O–H groups in total. The first-order valence-corrected chi connectivity index (χ1v) is 10.8. The third-order valence-corrected chi connectivity index (χ3v) is 8.47. The monoisotopic (exact) mass is 318 g/mol. The minimum Gasteiger partial charge on any atom is -0.392 e. The molecule has 0 aromatic carbocycles. The standard InChI is InChI=1S/C16H34O4Si/c1-4-17-12-14-19-21(6-3,20-15-13-18-5-2)16-10-8-7-9-11-16/h16H,4-15H2,1-3H3. The molecular weight excluding hydrogens is 284 g/mol. The summed E-state index contributed by atoms with van der Waals surface area (Å²) in [5.41, 5.74) is 0.638. The molecule has 0 aromatic rings. The maximum absolute atomic E-state index is 6.34. The van der Waals surface area contributed by atoms with E-state index in [4.69, 9.17) is 18.3 Å². The minimum absolute atomic E-state index is 0.638. The number of hydrogen-bond acceptors (Lipinski definition) is 4. The predicted octanol–water partition coefficient (Wildman–Crippen LogP) is 3.89. The summed E-state index contributed by atoms with van der Waals surface area (Å²) in [5.74, 6) is 0. The van der Waals surface area contributed by atoms with E-state index in [1.54, 1.807) is 0 Å². The van der Waals surface area contributed by atoms with Crippen LogP contribution < -0.4 is 0 Å². The third-order valence-electron chi connectivity index (χ3n) is 4.28. The van der Waals surface area contributed by atoms with E-state index in [1.165, 1.54) is 32.1 Å². The van der Waals surface area contributed by atoms with Gasteiger partial charge in [-0.05, 0) is 32.7 Å². The lowest BCUT2D eigenvalue weighted by molar-refractivity contribution is 0.0593. The smallest absolute Gasteiger partial charge is 0.341 e. The summed E-state index contributed by atoms with van der Waals surface area (Å²) in [6.07, 6.45) is 6.54. The molecule has 1 aliphatic carbocycles. The Morgan fingerprint density at radius 2 is 1.29 bits per heavy atom. The van der Waals surface area contributed by atoms with Gasteiger partial charge >= 0.3 is 8.56 Å². The van der Waals surface area contributed by atoms with Gasteiger partial charge in [-0.3, -0.25) is 0 Å². The molecule has 0 unspecified atom stereocenters.